The van der Waals surface area contributed by atoms with E-state index in [1.807, 2.05) is 60.7 Å². The van der Waals surface area contributed by atoms with E-state index in [4.69, 9.17) is 0 Å². The summed E-state index contributed by atoms with van der Waals surface area (Å²) in [5, 5.41) is 2.74. The number of rotatable bonds is 7. The number of fused-ring (bicyclic) bond motifs is 1. The fourth-order valence-corrected chi connectivity index (χ4v) is 4.97. The summed E-state index contributed by atoms with van der Waals surface area (Å²) in [6, 6.07) is 19.6. The number of H-pyrrole nitrogens is 1. The molecule has 1 fully saturated rings. The Bertz CT molecular complexity index is 1340. The summed E-state index contributed by atoms with van der Waals surface area (Å²) in [6.45, 7) is 0.430. The molecule has 7 nitrogen and oxygen atoms in total. The van der Waals surface area contributed by atoms with Crippen molar-refractivity contribution in [2.75, 3.05) is 0 Å². The Hall–Kier alpha value is -3.39. The molecule has 1 atom stereocenters. The van der Waals surface area contributed by atoms with Crippen molar-refractivity contribution in [2.24, 2.45) is 0 Å². The van der Waals surface area contributed by atoms with Crippen molar-refractivity contribution in [1.82, 2.24) is 24.8 Å². The van der Waals surface area contributed by atoms with Crippen molar-refractivity contribution >= 4 is 29.7 Å². The highest BCUT2D eigenvalue weighted by molar-refractivity contribution is 7.81. The van der Waals surface area contributed by atoms with Gasteiger partial charge in [0, 0.05) is 0 Å². The average Bonchev–Trinajstić information content (AvgIpc) is 3.51. The summed E-state index contributed by atoms with van der Waals surface area (Å²) >= 11 is 4.58. The number of benzene rings is 2. The molecule has 2 heterocycles. The summed E-state index contributed by atoms with van der Waals surface area (Å²) in [5.41, 5.74) is 1.99. The van der Waals surface area contributed by atoms with Crippen molar-refractivity contribution in [3.63, 3.8) is 0 Å². The number of hydrogen-bond donors (Lipinski definition) is 3. The minimum Gasteiger partial charge on any atom is -0.342 e. The lowest BCUT2D eigenvalue weighted by molar-refractivity contribution is -0.122. The summed E-state index contributed by atoms with van der Waals surface area (Å²) in [4.78, 5) is 38.6. The number of aromatic nitrogens is 4. The van der Waals surface area contributed by atoms with Crippen LogP contribution in [0.1, 0.15) is 42.6 Å². The zero-order valence-electron chi connectivity index (χ0n) is 18.8. The van der Waals surface area contributed by atoms with E-state index in [-0.39, 0.29) is 11.5 Å². The van der Waals surface area contributed by atoms with Crippen molar-refractivity contribution in [1.29, 1.82) is 0 Å². The van der Waals surface area contributed by atoms with Gasteiger partial charge in [0.2, 0.25) is 5.91 Å². The van der Waals surface area contributed by atoms with E-state index in [9.17, 15) is 9.59 Å². The molecule has 0 saturated heterocycles. The zero-order chi connectivity index (χ0) is 23.5. The van der Waals surface area contributed by atoms with Gasteiger partial charge in [0.15, 0.2) is 11.2 Å². The largest absolute Gasteiger partial charge is 0.342 e. The summed E-state index contributed by atoms with van der Waals surface area (Å²) in [5.74, 6) is 0.458. The Morgan fingerprint density at radius 2 is 1.71 bits per heavy atom. The molecule has 0 aliphatic heterocycles. The molecule has 4 aromatic rings. The molecule has 1 saturated carbocycles. The summed E-state index contributed by atoms with van der Waals surface area (Å²) in [6.07, 6.45) is 5.52. The standard InChI is InChI=1S/C26H27N5O2S/c32-23(20(34)15-18-9-3-1-4-10-18)30-26(13-7-8-14-26)25-28-21-22(29-25)27-17-31(24(21)33)16-19-11-5-2-6-12-19/h1-6,9-12,17,20,34H,7-8,13-16H2,(H,28,29)(H,30,32)/t20-/m0/s1. The number of aromatic amines is 1. The van der Waals surface area contributed by atoms with Gasteiger partial charge in [-0.25, -0.2) is 9.97 Å². The van der Waals surface area contributed by atoms with Crippen LogP contribution in [-0.4, -0.2) is 30.7 Å². The van der Waals surface area contributed by atoms with Crippen LogP contribution in [-0.2, 0) is 23.3 Å². The van der Waals surface area contributed by atoms with Gasteiger partial charge in [-0.1, -0.05) is 73.5 Å². The predicted octanol–water partition coefficient (Wildman–Crippen LogP) is 3.59. The highest BCUT2D eigenvalue weighted by Gasteiger charge is 2.41. The fraction of sp³-hybridized carbons (Fsp3) is 0.308. The summed E-state index contributed by atoms with van der Waals surface area (Å²) < 4.78 is 1.57. The molecule has 1 aliphatic carbocycles. The number of nitrogens with one attached hydrogen (secondary N) is 2. The maximum Gasteiger partial charge on any atom is 0.279 e. The number of imidazole rings is 1. The quantitative estimate of drug-likeness (QED) is 0.358. The van der Waals surface area contributed by atoms with Crippen molar-refractivity contribution < 1.29 is 4.79 Å². The number of nitrogens with zero attached hydrogens (tertiary/aromatic N) is 3. The number of carbonyl (C=O) groups is 1. The number of amides is 1. The van der Waals surface area contributed by atoms with Crippen LogP contribution in [0.2, 0.25) is 0 Å². The number of thiol groups is 1. The Kier molecular flexibility index (Phi) is 6.24. The SMILES string of the molecule is O=C(NC1(c2nc3ncn(Cc4ccccc4)c(=O)c3[nH]2)CCCC1)[C@@H](S)Cc1ccccc1. The highest BCUT2D eigenvalue weighted by Crippen LogP contribution is 2.38. The topological polar surface area (TPSA) is 92.7 Å². The van der Waals surface area contributed by atoms with Crippen molar-refractivity contribution in [3.8, 4) is 0 Å². The maximum atomic E-state index is 13.2. The first-order valence-electron chi connectivity index (χ1n) is 11.6. The molecule has 5 rings (SSSR count). The Labute approximate surface area is 203 Å². The number of hydrogen-bond acceptors (Lipinski definition) is 5. The second-order valence-electron chi connectivity index (χ2n) is 8.93. The molecule has 174 valence electrons. The molecule has 8 heteroatoms. The first kappa shape index (κ1) is 22.4. The third-order valence-electron chi connectivity index (χ3n) is 6.52. The van der Waals surface area contributed by atoms with Crippen LogP contribution < -0.4 is 10.9 Å². The zero-order valence-corrected chi connectivity index (χ0v) is 19.7. The predicted molar refractivity (Wildman–Crippen MR) is 135 cm³/mol. The average molecular weight is 474 g/mol. The third kappa shape index (κ3) is 4.50. The minimum absolute atomic E-state index is 0.135. The first-order valence-corrected chi connectivity index (χ1v) is 12.1. The van der Waals surface area contributed by atoms with Gasteiger partial charge in [-0.2, -0.15) is 12.6 Å². The lowest BCUT2D eigenvalue weighted by atomic mass is 9.96. The van der Waals surface area contributed by atoms with Gasteiger partial charge < -0.3 is 10.3 Å². The van der Waals surface area contributed by atoms with E-state index >= 15 is 0 Å². The van der Waals surface area contributed by atoms with E-state index < -0.39 is 10.8 Å². The van der Waals surface area contributed by atoms with E-state index in [1.165, 1.54) is 6.33 Å². The van der Waals surface area contributed by atoms with Crippen LogP contribution in [0.15, 0.2) is 71.8 Å². The lowest BCUT2D eigenvalue weighted by Gasteiger charge is -2.29. The van der Waals surface area contributed by atoms with E-state index in [2.05, 4.69) is 32.9 Å². The molecule has 0 radical (unpaired) electrons. The Balaban J connectivity index is 1.41. The Morgan fingerprint density at radius 1 is 1.06 bits per heavy atom. The molecule has 0 unspecified atom stereocenters. The smallest absolute Gasteiger partial charge is 0.279 e. The monoisotopic (exact) mass is 473 g/mol. The van der Waals surface area contributed by atoms with Crippen LogP contribution in [0.4, 0.5) is 0 Å². The molecule has 1 amide bonds. The molecular formula is C26H27N5O2S. The van der Waals surface area contributed by atoms with Crippen LogP contribution >= 0.6 is 12.6 Å². The first-order chi connectivity index (χ1) is 16.5. The van der Waals surface area contributed by atoms with Crippen molar-refractivity contribution in [3.05, 3.63) is 94.3 Å². The second kappa shape index (κ2) is 9.46. The van der Waals surface area contributed by atoms with Crippen LogP contribution in [0.3, 0.4) is 0 Å². The molecule has 0 bridgehead atoms. The van der Waals surface area contributed by atoms with Crippen LogP contribution in [0.25, 0.3) is 11.2 Å². The molecule has 2 N–H and O–H groups in total. The maximum absolute atomic E-state index is 13.2. The normalized spacial score (nSPS) is 15.9. The molecular weight excluding hydrogens is 446 g/mol. The molecule has 2 aromatic heterocycles. The van der Waals surface area contributed by atoms with E-state index in [0.717, 1.165) is 36.8 Å². The Morgan fingerprint density at radius 3 is 2.38 bits per heavy atom. The van der Waals surface area contributed by atoms with Gasteiger partial charge >= 0.3 is 0 Å². The van der Waals surface area contributed by atoms with E-state index in [1.54, 1.807) is 4.57 Å². The molecule has 1 aliphatic rings. The van der Waals surface area contributed by atoms with Gasteiger partial charge in [-0.15, -0.1) is 0 Å². The summed E-state index contributed by atoms with van der Waals surface area (Å²) in [7, 11) is 0. The second-order valence-corrected chi connectivity index (χ2v) is 9.55. The lowest BCUT2D eigenvalue weighted by Crippen LogP contribution is -2.48. The molecule has 2 aromatic carbocycles. The number of carbonyl (C=O) groups excluding carboxylic acids is 1. The van der Waals surface area contributed by atoms with Gasteiger partial charge in [-0.3, -0.25) is 14.2 Å². The van der Waals surface area contributed by atoms with Crippen LogP contribution in [0, 0.1) is 0 Å². The van der Waals surface area contributed by atoms with Gasteiger partial charge in [0.1, 0.15) is 12.2 Å². The van der Waals surface area contributed by atoms with Crippen molar-refractivity contribution in [2.45, 2.75) is 49.4 Å². The molecule has 34 heavy (non-hydrogen) atoms. The highest BCUT2D eigenvalue weighted by atomic mass is 32.1. The third-order valence-corrected chi connectivity index (χ3v) is 6.94. The molecule has 0 spiro atoms. The van der Waals surface area contributed by atoms with Crippen LogP contribution in [0.5, 0.6) is 0 Å². The minimum atomic E-state index is -0.647. The van der Waals surface area contributed by atoms with Gasteiger partial charge in [-0.05, 0) is 30.4 Å². The van der Waals surface area contributed by atoms with Gasteiger partial charge in [0.05, 0.1) is 17.3 Å². The van der Waals surface area contributed by atoms with E-state index in [0.29, 0.717) is 30.0 Å². The fourth-order valence-electron chi connectivity index (χ4n) is 4.70. The van der Waals surface area contributed by atoms with Gasteiger partial charge in [0.25, 0.3) is 5.56 Å².